The number of carboxylic acid groups (broad SMARTS) is 1. The van der Waals surface area contributed by atoms with Gasteiger partial charge < -0.3 is 34.5 Å². The molecule has 3 N–H and O–H groups in total. The molecule has 2 heterocycles. The number of benzene rings is 3. The third-order valence-corrected chi connectivity index (χ3v) is 8.39. The molecule has 0 aromatic heterocycles. The lowest BCUT2D eigenvalue weighted by atomic mass is 9.89. The van der Waals surface area contributed by atoms with Crippen LogP contribution in [-0.2, 0) is 38.6 Å². The maximum atomic E-state index is 12.1. The van der Waals surface area contributed by atoms with E-state index in [4.69, 9.17) is 24.1 Å². The molecule has 1 fully saturated rings. The molecule has 2 aliphatic heterocycles. The van der Waals surface area contributed by atoms with Crippen molar-refractivity contribution in [2.75, 3.05) is 32.6 Å². The summed E-state index contributed by atoms with van der Waals surface area (Å²) < 4.78 is 24.3. The molecule has 4 atom stereocenters. The zero-order valence-electron chi connectivity index (χ0n) is 25.3. The van der Waals surface area contributed by atoms with Crippen LogP contribution in [0.1, 0.15) is 60.0 Å². The maximum absolute atomic E-state index is 12.1. The lowest BCUT2D eigenvalue weighted by Crippen LogP contribution is -2.45. The van der Waals surface area contributed by atoms with E-state index in [2.05, 4.69) is 29.3 Å². The number of aliphatic carboxylic acids is 1. The normalized spacial score (nSPS) is 21.7. The fraction of sp³-hybridized carbons (Fsp3) is 0.412. The number of fused-ring (bicyclic) bond motifs is 1. The van der Waals surface area contributed by atoms with Crippen LogP contribution >= 0.6 is 0 Å². The molecule has 44 heavy (non-hydrogen) atoms. The Bertz CT molecular complexity index is 1440. The van der Waals surface area contributed by atoms with Crippen LogP contribution in [0.2, 0.25) is 0 Å². The van der Waals surface area contributed by atoms with Crippen molar-refractivity contribution >= 4 is 17.6 Å². The number of aliphatic hydroxyl groups excluding tert-OH is 1. The number of carbonyl (C=O) groups is 2. The van der Waals surface area contributed by atoms with Crippen LogP contribution in [0.5, 0.6) is 11.5 Å². The van der Waals surface area contributed by atoms with Crippen molar-refractivity contribution in [3.8, 4) is 11.5 Å². The summed E-state index contributed by atoms with van der Waals surface area (Å²) in [6.45, 7) is 4.47. The number of methoxy groups -OCH3 is 2. The molecule has 0 spiro atoms. The lowest BCUT2D eigenvalue weighted by molar-refractivity contribution is -0.276. The standard InChI is InChI=1S/C34H40N2O8/c1-21-30(19-36-15-14-25-16-28(41-2)29(42-3)17-26(25)18-36)43-34(44-33(21)23-6-4-22(20-37)5-7-23)24-8-10-27(11-9-24)35-31(38)12-13-32(39)40/h4-11,16-17,21,30,33-34,37H,12-15,18-20H2,1-3H3,(H,35,38)(H,39,40). The van der Waals surface area contributed by atoms with Gasteiger partial charge in [0.25, 0.3) is 0 Å². The number of hydrogen-bond donors (Lipinski definition) is 3. The molecule has 0 radical (unpaired) electrons. The Morgan fingerprint density at radius 3 is 2.23 bits per heavy atom. The average molecular weight is 605 g/mol. The molecule has 5 rings (SSSR count). The van der Waals surface area contributed by atoms with Gasteiger partial charge in [-0.3, -0.25) is 14.5 Å². The average Bonchev–Trinajstić information content (AvgIpc) is 3.04. The number of carboxylic acids is 1. The molecule has 234 valence electrons. The molecule has 10 nitrogen and oxygen atoms in total. The Labute approximate surface area is 257 Å². The Morgan fingerprint density at radius 2 is 1.59 bits per heavy atom. The van der Waals surface area contributed by atoms with Gasteiger partial charge in [0.1, 0.15) is 0 Å². The number of carbonyl (C=O) groups excluding carboxylic acids is 1. The number of nitrogens with zero attached hydrogens (tertiary/aromatic N) is 1. The highest BCUT2D eigenvalue weighted by Gasteiger charge is 2.39. The van der Waals surface area contributed by atoms with Crippen molar-refractivity contribution < 1.29 is 38.7 Å². The smallest absolute Gasteiger partial charge is 0.303 e. The minimum atomic E-state index is -1.01. The minimum absolute atomic E-state index is 0.0258. The largest absolute Gasteiger partial charge is 0.493 e. The molecule has 10 heteroatoms. The zero-order valence-corrected chi connectivity index (χ0v) is 25.3. The first-order valence-corrected chi connectivity index (χ1v) is 14.9. The number of amides is 1. The van der Waals surface area contributed by atoms with Gasteiger partial charge in [0.2, 0.25) is 5.91 Å². The van der Waals surface area contributed by atoms with E-state index in [1.165, 1.54) is 11.1 Å². The first-order valence-electron chi connectivity index (χ1n) is 14.9. The molecule has 0 bridgehead atoms. The van der Waals surface area contributed by atoms with Crippen LogP contribution in [-0.4, -0.2) is 60.4 Å². The monoisotopic (exact) mass is 604 g/mol. The van der Waals surface area contributed by atoms with Crippen LogP contribution < -0.4 is 14.8 Å². The summed E-state index contributed by atoms with van der Waals surface area (Å²) in [7, 11) is 3.30. The number of ether oxygens (including phenoxy) is 4. The summed E-state index contributed by atoms with van der Waals surface area (Å²) in [5, 5.41) is 21.1. The Balaban J connectivity index is 1.34. The maximum Gasteiger partial charge on any atom is 0.303 e. The Kier molecular flexibility index (Phi) is 10.2. The van der Waals surface area contributed by atoms with Gasteiger partial charge in [-0.2, -0.15) is 0 Å². The Morgan fingerprint density at radius 1 is 0.932 bits per heavy atom. The third kappa shape index (κ3) is 7.39. The van der Waals surface area contributed by atoms with Crippen molar-refractivity contribution in [3.05, 3.63) is 88.5 Å². The predicted molar refractivity (Wildman–Crippen MR) is 163 cm³/mol. The van der Waals surface area contributed by atoms with E-state index >= 15 is 0 Å². The van der Waals surface area contributed by atoms with Crippen molar-refractivity contribution in [2.45, 2.75) is 57.8 Å². The van der Waals surface area contributed by atoms with Crippen molar-refractivity contribution in [3.63, 3.8) is 0 Å². The highest BCUT2D eigenvalue weighted by Crippen LogP contribution is 2.42. The first-order chi connectivity index (χ1) is 21.3. The zero-order chi connectivity index (χ0) is 31.2. The van der Waals surface area contributed by atoms with Crippen LogP contribution in [0.4, 0.5) is 5.69 Å². The summed E-state index contributed by atoms with van der Waals surface area (Å²) in [6.07, 6.45) is -0.460. The van der Waals surface area contributed by atoms with E-state index in [9.17, 15) is 14.7 Å². The lowest BCUT2D eigenvalue weighted by Gasteiger charge is -2.43. The number of anilines is 1. The van der Waals surface area contributed by atoms with E-state index in [0.717, 1.165) is 47.7 Å². The van der Waals surface area contributed by atoms with E-state index in [1.54, 1.807) is 26.4 Å². The number of nitrogens with one attached hydrogen (secondary N) is 1. The van der Waals surface area contributed by atoms with Crippen molar-refractivity contribution in [1.29, 1.82) is 0 Å². The van der Waals surface area contributed by atoms with E-state index in [0.29, 0.717) is 12.2 Å². The van der Waals surface area contributed by atoms with Gasteiger partial charge >= 0.3 is 5.97 Å². The quantitative estimate of drug-likeness (QED) is 0.282. The predicted octanol–water partition coefficient (Wildman–Crippen LogP) is 4.85. The molecule has 1 amide bonds. The van der Waals surface area contributed by atoms with Crippen molar-refractivity contribution in [1.82, 2.24) is 4.90 Å². The molecule has 2 aliphatic rings. The molecule has 1 saturated heterocycles. The summed E-state index contributed by atoms with van der Waals surface area (Å²) >= 11 is 0. The highest BCUT2D eigenvalue weighted by molar-refractivity contribution is 5.92. The van der Waals surface area contributed by atoms with Gasteiger partial charge in [0, 0.05) is 43.2 Å². The Hall–Kier alpha value is -3.96. The second kappa shape index (κ2) is 14.2. The van der Waals surface area contributed by atoms with Gasteiger partial charge in [-0.25, -0.2) is 0 Å². The third-order valence-electron chi connectivity index (χ3n) is 8.39. The van der Waals surface area contributed by atoms with E-state index in [1.807, 2.05) is 36.4 Å². The summed E-state index contributed by atoms with van der Waals surface area (Å²) in [6, 6.07) is 19.2. The van der Waals surface area contributed by atoms with Gasteiger partial charge in [-0.05, 0) is 52.9 Å². The molecule has 3 aromatic carbocycles. The summed E-state index contributed by atoms with van der Waals surface area (Å²) in [5.41, 5.74) is 5.69. The fourth-order valence-electron chi connectivity index (χ4n) is 5.85. The number of rotatable bonds is 11. The summed E-state index contributed by atoms with van der Waals surface area (Å²) in [4.78, 5) is 25.3. The fourth-order valence-corrected chi connectivity index (χ4v) is 5.85. The minimum Gasteiger partial charge on any atom is -0.493 e. The second-order valence-corrected chi connectivity index (χ2v) is 11.3. The SMILES string of the molecule is COc1cc2c(cc1OC)CN(CC1OC(c3ccc(NC(=O)CCC(=O)O)cc3)OC(c3ccc(CO)cc3)C1C)CC2. The molecular formula is C34H40N2O8. The number of hydrogen-bond acceptors (Lipinski definition) is 8. The second-order valence-electron chi connectivity index (χ2n) is 11.3. The molecule has 3 aromatic rings. The van der Waals surface area contributed by atoms with Crippen LogP contribution in [0, 0.1) is 5.92 Å². The van der Waals surface area contributed by atoms with Crippen LogP contribution in [0.3, 0.4) is 0 Å². The van der Waals surface area contributed by atoms with Crippen LogP contribution in [0.15, 0.2) is 60.7 Å². The highest BCUT2D eigenvalue weighted by atomic mass is 16.7. The van der Waals surface area contributed by atoms with E-state index in [-0.39, 0.29) is 43.5 Å². The molecule has 0 saturated carbocycles. The molecular weight excluding hydrogens is 564 g/mol. The first kappa shape index (κ1) is 31.5. The van der Waals surface area contributed by atoms with Gasteiger partial charge in [0.15, 0.2) is 17.8 Å². The number of aliphatic hydroxyl groups is 1. The van der Waals surface area contributed by atoms with E-state index < -0.39 is 12.3 Å². The summed E-state index contributed by atoms with van der Waals surface area (Å²) in [5.74, 6) is 0.123. The van der Waals surface area contributed by atoms with Crippen molar-refractivity contribution in [2.24, 2.45) is 5.92 Å². The van der Waals surface area contributed by atoms with Gasteiger partial charge in [-0.1, -0.05) is 43.3 Å². The van der Waals surface area contributed by atoms with Gasteiger partial charge in [-0.15, -0.1) is 0 Å². The molecule has 0 aliphatic carbocycles. The van der Waals surface area contributed by atoms with Crippen LogP contribution in [0.25, 0.3) is 0 Å². The topological polar surface area (TPSA) is 127 Å². The molecule has 4 unspecified atom stereocenters. The van der Waals surface area contributed by atoms with Gasteiger partial charge in [0.05, 0.1) is 39.5 Å².